The van der Waals surface area contributed by atoms with Crippen LogP contribution in [0.3, 0.4) is 0 Å². The Balaban J connectivity index is 1.21. The summed E-state index contributed by atoms with van der Waals surface area (Å²) in [7, 11) is 0. The lowest BCUT2D eigenvalue weighted by molar-refractivity contribution is 0.669. The van der Waals surface area contributed by atoms with Crippen LogP contribution in [0.1, 0.15) is 0 Å². The molecule has 0 unspecified atom stereocenters. The van der Waals surface area contributed by atoms with Crippen molar-refractivity contribution in [1.29, 1.82) is 0 Å². The summed E-state index contributed by atoms with van der Waals surface area (Å²) in [5.74, 6) is 0. The first kappa shape index (κ1) is 28.0. The van der Waals surface area contributed by atoms with Gasteiger partial charge in [-0.2, -0.15) is 0 Å². The van der Waals surface area contributed by atoms with E-state index in [0.717, 1.165) is 50.2 Å². The number of aromatic nitrogens is 1. The zero-order chi connectivity index (χ0) is 33.5. The van der Waals surface area contributed by atoms with E-state index in [4.69, 9.17) is 4.42 Å². The summed E-state index contributed by atoms with van der Waals surface area (Å²) < 4.78 is 8.87. The smallest absolute Gasteiger partial charge is 0.137 e. The molecule has 0 N–H and O–H groups in total. The molecule has 3 nitrogen and oxygen atoms in total. The minimum Gasteiger partial charge on any atom is -0.456 e. The lowest BCUT2D eigenvalue weighted by atomic mass is 9.96. The first-order chi connectivity index (χ1) is 25.3. The average Bonchev–Trinajstić information content (AvgIpc) is 3.74. The Kier molecular flexibility index (Phi) is 5.96. The van der Waals surface area contributed by atoms with Crippen molar-refractivity contribution in [3.63, 3.8) is 0 Å². The maximum absolute atomic E-state index is 6.47. The first-order valence-corrected chi connectivity index (χ1v) is 17.4. The van der Waals surface area contributed by atoms with Crippen molar-refractivity contribution in [2.24, 2.45) is 0 Å². The number of anilines is 3. The number of hydrogen-bond donors (Lipinski definition) is 0. The van der Waals surface area contributed by atoms with Gasteiger partial charge in [0.25, 0.3) is 0 Å². The number of hydrogen-bond acceptors (Lipinski definition) is 2. The third kappa shape index (κ3) is 4.19. The topological polar surface area (TPSA) is 21.3 Å². The van der Waals surface area contributed by atoms with E-state index in [1.165, 1.54) is 48.6 Å². The van der Waals surface area contributed by atoms with Crippen LogP contribution in [0.2, 0.25) is 0 Å². The van der Waals surface area contributed by atoms with Gasteiger partial charge < -0.3 is 13.9 Å². The fourth-order valence-corrected chi connectivity index (χ4v) is 8.26. The van der Waals surface area contributed by atoms with Gasteiger partial charge in [0, 0.05) is 44.7 Å². The molecule has 0 amide bonds. The molecule has 2 heterocycles. The van der Waals surface area contributed by atoms with Gasteiger partial charge in [-0.25, -0.2) is 0 Å². The highest BCUT2D eigenvalue weighted by Gasteiger charge is 2.22. The van der Waals surface area contributed by atoms with Gasteiger partial charge in [-0.1, -0.05) is 121 Å². The first-order valence-electron chi connectivity index (χ1n) is 17.4. The van der Waals surface area contributed by atoms with Gasteiger partial charge in [-0.15, -0.1) is 0 Å². The van der Waals surface area contributed by atoms with Crippen molar-refractivity contribution < 1.29 is 4.42 Å². The quantitative estimate of drug-likeness (QED) is 0.177. The van der Waals surface area contributed by atoms with Crippen LogP contribution >= 0.6 is 0 Å². The van der Waals surface area contributed by atoms with Gasteiger partial charge in [0.05, 0.1) is 16.7 Å². The molecule has 0 bridgehead atoms. The van der Waals surface area contributed by atoms with Crippen LogP contribution in [-0.4, -0.2) is 4.57 Å². The van der Waals surface area contributed by atoms with Crippen molar-refractivity contribution in [3.8, 4) is 5.69 Å². The molecule has 0 atom stereocenters. The van der Waals surface area contributed by atoms with Crippen molar-refractivity contribution in [3.05, 3.63) is 182 Å². The van der Waals surface area contributed by atoms with Crippen LogP contribution in [-0.2, 0) is 0 Å². The number of fused-ring (bicyclic) bond motifs is 11. The fraction of sp³-hybridized carbons (Fsp3) is 0. The molecule has 11 rings (SSSR count). The van der Waals surface area contributed by atoms with Crippen LogP contribution in [0.4, 0.5) is 17.1 Å². The second kappa shape index (κ2) is 10.8. The van der Waals surface area contributed by atoms with Gasteiger partial charge in [-0.3, -0.25) is 0 Å². The molecule has 3 heteroatoms. The van der Waals surface area contributed by atoms with E-state index in [-0.39, 0.29) is 0 Å². The van der Waals surface area contributed by atoms with E-state index in [1.807, 2.05) is 12.1 Å². The van der Waals surface area contributed by atoms with E-state index in [1.54, 1.807) is 0 Å². The molecule has 0 fully saturated rings. The van der Waals surface area contributed by atoms with Crippen LogP contribution in [0.15, 0.2) is 186 Å². The molecule has 238 valence electrons. The van der Waals surface area contributed by atoms with Crippen LogP contribution in [0, 0.1) is 0 Å². The van der Waals surface area contributed by atoms with Crippen LogP contribution in [0.5, 0.6) is 0 Å². The molecular formula is C48H30N2O. The number of para-hydroxylation sites is 4. The summed E-state index contributed by atoms with van der Waals surface area (Å²) in [5, 5.41) is 12.2. The van der Waals surface area contributed by atoms with Crippen molar-refractivity contribution in [2.75, 3.05) is 4.90 Å². The second-order valence-electron chi connectivity index (χ2n) is 13.3. The molecule has 0 aliphatic heterocycles. The number of furan rings is 1. The molecule has 9 aromatic carbocycles. The standard InChI is InChI=1S/C48H30N2O/c1-2-12-33(13-3-1)50-44-18-8-6-15-40(44)43-17-10-19-45(48(43)50)49(35-24-28-42-41-16-7-9-20-46(41)51-47(42)30-35)34-23-27-37-32(29-34)22-26-38-36-14-5-4-11-31(36)21-25-39(37)38/h1-30H. The summed E-state index contributed by atoms with van der Waals surface area (Å²) in [6.45, 7) is 0. The Labute approximate surface area is 293 Å². The van der Waals surface area contributed by atoms with E-state index >= 15 is 0 Å². The summed E-state index contributed by atoms with van der Waals surface area (Å²) in [4.78, 5) is 2.40. The van der Waals surface area contributed by atoms with E-state index in [9.17, 15) is 0 Å². The zero-order valence-corrected chi connectivity index (χ0v) is 27.6. The third-order valence-corrected chi connectivity index (χ3v) is 10.5. The average molecular weight is 651 g/mol. The van der Waals surface area contributed by atoms with Gasteiger partial charge in [-0.05, 0) is 86.9 Å². The van der Waals surface area contributed by atoms with Crippen molar-refractivity contribution >= 4 is 93.1 Å². The molecule has 0 aliphatic rings. The minimum absolute atomic E-state index is 0.869. The number of rotatable bonds is 4. The Morgan fingerprint density at radius 2 is 0.980 bits per heavy atom. The molecular weight excluding hydrogens is 621 g/mol. The van der Waals surface area contributed by atoms with Crippen molar-refractivity contribution in [2.45, 2.75) is 0 Å². The Morgan fingerprint density at radius 3 is 1.84 bits per heavy atom. The maximum atomic E-state index is 6.47. The molecule has 0 saturated carbocycles. The van der Waals surface area contributed by atoms with Crippen LogP contribution in [0.25, 0.3) is 81.7 Å². The largest absolute Gasteiger partial charge is 0.456 e. The molecule has 0 aliphatic carbocycles. The monoisotopic (exact) mass is 650 g/mol. The lowest BCUT2D eigenvalue weighted by Gasteiger charge is -2.27. The summed E-state index contributed by atoms with van der Waals surface area (Å²) in [5.41, 5.74) is 8.42. The predicted octanol–water partition coefficient (Wildman–Crippen LogP) is 13.6. The molecule has 51 heavy (non-hydrogen) atoms. The van der Waals surface area contributed by atoms with Crippen molar-refractivity contribution in [1.82, 2.24) is 4.57 Å². The highest BCUT2D eigenvalue weighted by atomic mass is 16.3. The summed E-state index contributed by atoms with van der Waals surface area (Å²) >= 11 is 0. The summed E-state index contributed by atoms with van der Waals surface area (Å²) in [6.07, 6.45) is 0. The molecule has 0 spiro atoms. The van der Waals surface area contributed by atoms with E-state index in [0.29, 0.717) is 0 Å². The highest BCUT2D eigenvalue weighted by molar-refractivity contribution is 6.18. The second-order valence-corrected chi connectivity index (χ2v) is 13.3. The predicted molar refractivity (Wildman–Crippen MR) is 215 cm³/mol. The molecule has 0 radical (unpaired) electrons. The van der Waals surface area contributed by atoms with Gasteiger partial charge >= 0.3 is 0 Å². The Morgan fingerprint density at radius 1 is 0.373 bits per heavy atom. The fourth-order valence-electron chi connectivity index (χ4n) is 8.26. The third-order valence-electron chi connectivity index (χ3n) is 10.5. The van der Waals surface area contributed by atoms with Crippen LogP contribution < -0.4 is 4.90 Å². The van der Waals surface area contributed by atoms with Gasteiger partial charge in [0.1, 0.15) is 11.2 Å². The SMILES string of the molecule is c1ccc(-n2c3ccccc3c3cccc(N(c4ccc5c(ccc6c7ccccc7ccc56)c4)c4ccc5c(c4)oc4ccccc45)c32)cc1. The Hall–Kier alpha value is -6.84. The maximum Gasteiger partial charge on any atom is 0.137 e. The lowest BCUT2D eigenvalue weighted by Crippen LogP contribution is -2.11. The van der Waals surface area contributed by atoms with E-state index in [2.05, 4.69) is 179 Å². The molecule has 0 saturated heterocycles. The van der Waals surface area contributed by atoms with Gasteiger partial charge in [0.15, 0.2) is 0 Å². The number of benzene rings is 9. The van der Waals surface area contributed by atoms with E-state index < -0.39 is 0 Å². The molecule has 11 aromatic rings. The highest BCUT2D eigenvalue weighted by Crippen LogP contribution is 2.45. The Bertz CT molecular complexity index is 3150. The van der Waals surface area contributed by atoms with Gasteiger partial charge in [0.2, 0.25) is 0 Å². The normalized spacial score (nSPS) is 11.9. The minimum atomic E-state index is 0.869. The number of nitrogens with zero attached hydrogens (tertiary/aromatic N) is 2. The zero-order valence-electron chi connectivity index (χ0n) is 27.6. The molecule has 2 aromatic heterocycles. The summed E-state index contributed by atoms with van der Waals surface area (Å²) in [6, 6.07) is 65.6.